The lowest BCUT2D eigenvalue weighted by molar-refractivity contribution is -0.324. The molecule has 0 spiro atoms. The molecule has 1 aromatic heterocycles. The number of nitrogens with zero attached hydrogens (tertiary/aromatic N) is 2. The van der Waals surface area contributed by atoms with Crippen molar-refractivity contribution >= 4 is 5.97 Å². The average molecular weight is 280 g/mol. The Morgan fingerprint density at radius 1 is 1.63 bits per heavy atom. The minimum absolute atomic E-state index is 0.117. The van der Waals surface area contributed by atoms with Gasteiger partial charge in [-0.25, -0.2) is 9.48 Å². The summed E-state index contributed by atoms with van der Waals surface area (Å²) in [5, 5.41) is 12.5. The third-order valence-corrected chi connectivity index (χ3v) is 2.56. The van der Waals surface area contributed by atoms with Crippen LogP contribution in [0.5, 0.6) is 5.88 Å². The summed E-state index contributed by atoms with van der Waals surface area (Å²) in [7, 11) is 0. The van der Waals surface area contributed by atoms with E-state index in [1.54, 1.807) is 0 Å². The molecule has 2 rings (SSSR count). The van der Waals surface area contributed by atoms with Gasteiger partial charge < -0.3 is 9.84 Å². The molecule has 1 aromatic rings. The van der Waals surface area contributed by atoms with Crippen molar-refractivity contribution in [3.63, 3.8) is 0 Å². The Morgan fingerprint density at radius 2 is 2.37 bits per heavy atom. The van der Waals surface area contributed by atoms with Gasteiger partial charge in [-0.3, -0.25) is 4.74 Å². The lowest BCUT2D eigenvalue weighted by Crippen LogP contribution is -2.19. The van der Waals surface area contributed by atoms with Crippen molar-refractivity contribution in [1.29, 1.82) is 0 Å². The second-order valence-electron chi connectivity index (χ2n) is 4.03. The Bertz CT molecular complexity index is 448. The predicted octanol–water partition coefficient (Wildman–Crippen LogP) is 1.66. The van der Waals surface area contributed by atoms with Crippen LogP contribution in [0.25, 0.3) is 0 Å². The predicted molar refractivity (Wildman–Crippen MR) is 54.8 cm³/mol. The maximum atomic E-state index is 11.7. The number of rotatable bonds is 5. The molecule has 0 bridgehead atoms. The van der Waals surface area contributed by atoms with E-state index >= 15 is 0 Å². The molecular weight excluding hydrogens is 269 g/mol. The number of carbonyl (C=O) groups is 1. The number of halogens is 3. The monoisotopic (exact) mass is 280 g/mol. The van der Waals surface area contributed by atoms with Crippen LogP contribution >= 0.6 is 0 Å². The second kappa shape index (κ2) is 5.08. The van der Waals surface area contributed by atoms with E-state index in [-0.39, 0.29) is 18.2 Å². The van der Waals surface area contributed by atoms with Crippen LogP contribution < -0.4 is 4.74 Å². The number of fused-ring (bicyclic) bond motifs is 1. The molecule has 0 radical (unpaired) electrons. The summed E-state index contributed by atoms with van der Waals surface area (Å²) >= 11 is 0. The molecule has 0 saturated heterocycles. The summed E-state index contributed by atoms with van der Waals surface area (Å²) in [5.74, 6) is -0.834. The first-order chi connectivity index (χ1) is 8.85. The molecule has 19 heavy (non-hydrogen) atoms. The molecular formula is C10H11F3N2O4. The topological polar surface area (TPSA) is 73.6 Å². The highest BCUT2D eigenvalue weighted by Gasteiger charge is 2.30. The van der Waals surface area contributed by atoms with Crippen LogP contribution in [-0.4, -0.2) is 39.9 Å². The highest BCUT2D eigenvalue weighted by atomic mass is 19.4. The fourth-order valence-electron chi connectivity index (χ4n) is 1.78. The van der Waals surface area contributed by atoms with Gasteiger partial charge in [-0.15, -0.1) is 13.2 Å². The minimum atomic E-state index is -4.61. The van der Waals surface area contributed by atoms with E-state index < -0.39 is 18.9 Å². The first-order valence-electron chi connectivity index (χ1n) is 5.53. The molecule has 0 aliphatic carbocycles. The number of ether oxygens (including phenoxy) is 2. The van der Waals surface area contributed by atoms with Crippen LogP contribution in [0.3, 0.4) is 0 Å². The number of carboxylic acids is 1. The van der Waals surface area contributed by atoms with Crippen LogP contribution in [0, 0.1) is 0 Å². The Kier molecular flexibility index (Phi) is 3.65. The zero-order chi connectivity index (χ0) is 14.0. The van der Waals surface area contributed by atoms with Crippen LogP contribution in [0.4, 0.5) is 13.2 Å². The zero-order valence-corrected chi connectivity index (χ0v) is 9.68. The van der Waals surface area contributed by atoms with E-state index in [1.807, 2.05) is 0 Å². The molecule has 1 N–H and O–H groups in total. The number of aromatic carboxylic acids is 1. The molecule has 1 aliphatic heterocycles. The Hall–Kier alpha value is -1.77. The average Bonchev–Trinajstić information content (AvgIpc) is 2.80. The maximum absolute atomic E-state index is 11.7. The maximum Gasteiger partial charge on any atom is 0.522 e. The lowest BCUT2D eigenvalue weighted by Gasteiger charge is -2.10. The SMILES string of the molecule is O=C(O)c1cc2n(n1)CC(CCCOC(F)(F)F)O2. The van der Waals surface area contributed by atoms with Gasteiger partial charge in [0.05, 0.1) is 13.2 Å². The van der Waals surface area contributed by atoms with Gasteiger partial charge in [0, 0.05) is 6.07 Å². The molecule has 0 amide bonds. The van der Waals surface area contributed by atoms with Crippen LogP contribution in [0.15, 0.2) is 6.07 Å². The lowest BCUT2D eigenvalue weighted by atomic mass is 10.2. The molecule has 0 saturated carbocycles. The molecule has 1 unspecified atom stereocenters. The summed E-state index contributed by atoms with van der Waals surface area (Å²) in [6, 6.07) is 1.29. The zero-order valence-electron chi connectivity index (χ0n) is 9.68. The van der Waals surface area contributed by atoms with Crippen LogP contribution in [-0.2, 0) is 11.3 Å². The van der Waals surface area contributed by atoms with E-state index in [9.17, 15) is 18.0 Å². The second-order valence-corrected chi connectivity index (χ2v) is 4.03. The minimum Gasteiger partial charge on any atom is -0.476 e. The highest BCUT2D eigenvalue weighted by molar-refractivity contribution is 5.85. The first-order valence-corrected chi connectivity index (χ1v) is 5.53. The van der Waals surface area contributed by atoms with Gasteiger partial charge in [-0.05, 0) is 12.8 Å². The van der Waals surface area contributed by atoms with Gasteiger partial charge in [-0.1, -0.05) is 0 Å². The summed E-state index contributed by atoms with van der Waals surface area (Å²) in [6.07, 6.45) is -4.34. The number of alkyl halides is 3. The van der Waals surface area contributed by atoms with Crippen molar-refractivity contribution < 1.29 is 32.5 Å². The Balaban J connectivity index is 1.75. The fourth-order valence-corrected chi connectivity index (χ4v) is 1.78. The van der Waals surface area contributed by atoms with E-state index in [0.717, 1.165) is 0 Å². The molecule has 1 aliphatic rings. The summed E-state index contributed by atoms with van der Waals surface area (Å²) in [5.41, 5.74) is -0.117. The highest BCUT2D eigenvalue weighted by Crippen LogP contribution is 2.25. The van der Waals surface area contributed by atoms with Gasteiger partial charge >= 0.3 is 12.3 Å². The van der Waals surface area contributed by atoms with Gasteiger partial charge in [0.1, 0.15) is 6.10 Å². The largest absolute Gasteiger partial charge is 0.522 e. The van der Waals surface area contributed by atoms with E-state index in [4.69, 9.17) is 9.84 Å². The van der Waals surface area contributed by atoms with Gasteiger partial charge in [0.15, 0.2) is 5.69 Å². The van der Waals surface area contributed by atoms with Crippen LogP contribution in [0.1, 0.15) is 23.3 Å². The summed E-state index contributed by atoms with van der Waals surface area (Å²) in [6.45, 7) is -0.0965. The molecule has 106 valence electrons. The standard InChI is InChI=1S/C10H11F3N2O4/c11-10(12,13)18-3-1-2-6-5-15-8(19-6)4-7(14-15)9(16)17/h4,6H,1-3,5H2,(H,16,17). The Morgan fingerprint density at radius 3 is 2.95 bits per heavy atom. The molecule has 6 nitrogen and oxygen atoms in total. The third-order valence-electron chi connectivity index (χ3n) is 2.56. The number of aromatic nitrogens is 2. The van der Waals surface area contributed by atoms with Gasteiger partial charge in [-0.2, -0.15) is 5.10 Å². The smallest absolute Gasteiger partial charge is 0.476 e. The van der Waals surface area contributed by atoms with Crippen molar-refractivity contribution in [2.75, 3.05) is 6.61 Å². The molecule has 0 aromatic carbocycles. The number of carboxylic acid groups (broad SMARTS) is 1. The molecule has 0 fully saturated rings. The van der Waals surface area contributed by atoms with Gasteiger partial charge in [0.2, 0.25) is 5.88 Å². The van der Waals surface area contributed by atoms with Crippen LogP contribution in [0.2, 0.25) is 0 Å². The van der Waals surface area contributed by atoms with E-state index in [2.05, 4.69) is 9.84 Å². The number of hydrogen-bond donors (Lipinski definition) is 1. The Labute approximate surface area is 105 Å². The van der Waals surface area contributed by atoms with Gasteiger partial charge in [0.25, 0.3) is 0 Å². The normalized spacial score (nSPS) is 18.2. The molecule has 9 heteroatoms. The summed E-state index contributed by atoms with van der Waals surface area (Å²) in [4.78, 5) is 10.6. The van der Waals surface area contributed by atoms with Crippen molar-refractivity contribution in [2.24, 2.45) is 0 Å². The number of hydrogen-bond acceptors (Lipinski definition) is 4. The van der Waals surface area contributed by atoms with Crippen molar-refractivity contribution in [2.45, 2.75) is 31.9 Å². The fraction of sp³-hybridized carbons (Fsp3) is 0.600. The van der Waals surface area contributed by atoms with E-state index in [1.165, 1.54) is 10.7 Å². The van der Waals surface area contributed by atoms with E-state index in [0.29, 0.717) is 18.8 Å². The van der Waals surface area contributed by atoms with Crippen molar-refractivity contribution in [1.82, 2.24) is 9.78 Å². The van der Waals surface area contributed by atoms with Crippen molar-refractivity contribution in [3.8, 4) is 5.88 Å². The summed E-state index contributed by atoms with van der Waals surface area (Å²) < 4.78 is 45.6. The third kappa shape index (κ3) is 3.60. The molecule has 1 atom stereocenters. The quantitative estimate of drug-likeness (QED) is 0.830. The van der Waals surface area contributed by atoms with Crippen molar-refractivity contribution in [3.05, 3.63) is 11.8 Å². The molecule has 2 heterocycles. The first kappa shape index (κ1) is 13.7.